The number of hydrogen-bond acceptors (Lipinski definition) is 4. The molecule has 0 saturated carbocycles. The second-order valence-electron chi connectivity index (χ2n) is 6.61. The highest BCUT2D eigenvalue weighted by atomic mass is 19.1. The highest BCUT2D eigenvalue weighted by Gasteiger charge is 2.19. The Morgan fingerprint density at radius 1 is 1.19 bits per heavy atom. The second kappa shape index (κ2) is 8.68. The summed E-state index contributed by atoms with van der Waals surface area (Å²) in [7, 11) is 1.60. The number of hydrogen-bond donors (Lipinski definition) is 0. The molecular formula is C21H23FN2O2. The molecule has 0 aliphatic carbocycles. The maximum atomic E-state index is 13.3. The van der Waals surface area contributed by atoms with E-state index < -0.39 is 0 Å². The molecule has 1 saturated heterocycles. The Bertz CT molecular complexity index is 788. The van der Waals surface area contributed by atoms with Gasteiger partial charge in [0.2, 0.25) is 0 Å². The summed E-state index contributed by atoms with van der Waals surface area (Å²) in [5, 5.41) is 9.15. The van der Waals surface area contributed by atoms with Gasteiger partial charge in [-0.15, -0.1) is 0 Å². The first kappa shape index (κ1) is 18.2. The van der Waals surface area contributed by atoms with Crippen LogP contribution in [0, 0.1) is 23.1 Å². The molecule has 3 rings (SSSR count). The van der Waals surface area contributed by atoms with Crippen LogP contribution in [0.3, 0.4) is 0 Å². The van der Waals surface area contributed by atoms with Gasteiger partial charge < -0.3 is 9.47 Å². The molecule has 0 amide bonds. The fourth-order valence-electron chi connectivity index (χ4n) is 3.28. The van der Waals surface area contributed by atoms with Crippen LogP contribution in [0.1, 0.15) is 24.0 Å². The summed E-state index contributed by atoms with van der Waals surface area (Å²) in [5.41, 5.74) is 1.88. The van der Waals surface area contributed by atoms with Crippen LogP contribution in [0.2, 0.25) is 0 Å². The molecule has 0 spiro atoms. The van der Waals surface area contributed by atoms with E-state index in [4.69, 9.17) is 14.7 Å². The Hall–Kier alpha value is -2.58. The molecule has 0 radical (unpaired) electrons. The number of nitriles is 1. The highest BCUT2D eigenvalue weighted by Crippen LogP contribution is 2.30. The smallest absolute Gasteiger partial charge is 0.161 e. The number of rotatable bonds is 6. The quantitative estimate of drug-likeness (QED) is 0.782. The minimum Gasteiger partial charge on any atom is -0.493 e. The molecular weight excluding hydrogens is 331 g/mol. The van der Waals surface area contributed by atoms with Gasteiger partial charge in [-0.2, -0.15) is 5.26 Å². The average molecular weight is 354 g/mol. The second-order valence-corrected chi connectivity index (χ2v) is 6.61. The molecule has 0 N–H and O–H groups in total. The van der Waals surface area contributed by atoms with Crippen molar-refractivity contribution in [3.05, 3.63) is 59.4 Å². The predicted octanol–water partition coefficient (Wildman–Crippen LogP) is 4.15. The lowest BCUT2D eigenvalue weighted by atomic mass is 9.99. The molecule has 4 nitrogen and oxygen atoms in total. The van der Waals surface area contributed by atoms with E-state index in [1.165, 1.54) is 12.1 Å². The monoisotopic (exact) mass is 354 g/mol. The van der Waals surface area contributed by atoms with Crippen molar-refractivity contribution in [1.29, 1.82) is 5.26 Å². The summed E-state index contributed by atoms with van der Waals surface area (Å²) in [6.07, 6.45) is 2.04. The standard InChI is InChI=1S/C21H23FN2O2/c1-25-20-8-7-16(13-24-9-3-5-18(12-23)14-24)11-21(20)26-15-17-4-2-6-19(22)10-17/h2,4,6-8,10-11,18H,3,5,9,13-15H2,1H3/t18-/m1/s1. The normalized spacial score (nSPS) is 17.5. The highest BCUT2D eigenvalue weighted by molar-refractivity contribution is 5.43. The summed E-state index contributed by atoms with van der Waals surface area (Å²) < 4.78 is 24.6. The van der Waals surface area contributed by atoms with Crippen molar-refractivity contribution in [2.75, 3.05) is 20.2 Å². The van der Waals surface area contributed by atoms with E-state index in [1.807, 2.05) is 24.3 Å². The maximum Gasteiger partial charge on any atom is 0.161 e. The lowest BCUT2D eigenvalue weighted by Crippen LogP contribution is -2.34. The molecule has 2 aromatic carbocycles. The number of ether oxygens (including phenoxy) is 2. The molecule has 1 aliphatic heterocycles. The Morgan fingerprint density at radius 2 is 2.08 bits per heavy atom. The summed E-state index contributed by atoms with van der Waals surface area (Å²) in [6.45, 7) is 2.86. The summed E-state index contributed by atoms with van der Waals surface area (Å²) in [5.74, 6) is 1.14. The van der Waals surface area contributed by atoms with Crippen LogP contribution >= 0.6 is 0 Å². The van der Waals surface area contributed by atoms with Gasteiger partial charge in [0.1, 0.15) is 12.4 Å². The minimum atomic E-state index is -0.274. The number of nitrogens with zero attached hydrogens (tertiary/aromatic N) is 2. The van der Waals surface area contributed by atoms with Crippen molar-refractivity contribution in [2.45, 2.75) is 26.0 Å². The molecule has 1 fully saturated rings. The van der Waals surface area contributed by atoms with Crippen molar-refractivity contribution in [1.82, 2.24) is 4.90 Å². The van der Waals surface area contributed by atoms with E-state index >= 15 is 0 Å². The van der Waals surface area contributed by atoms with E-state index in [1.54, 1.807) is 13.2 Å². The van der Waals surface area contributed by atoms with E-state index in [0.717, 1.165) is 43.6 Å². The molecule has 5 heteroatoms. The van der Waals surface area contributed by atoms with Gasteiger partial charge in [0.15, 0.2) is 11.5 Å². The zero-order chi connectivity index (χ0) is 18.4. The first-order chi connectivity index (χ1) is 12.7. The number of benzene rings is 2. The fourth-order valence-corrected chi connectivity index (χ4v) is 3.28. The fraction of sp³-hybridized carbons (Fsp3) is 0.381. The third kappa shape index (κ3) is 4.74. The Balaban J connectivity index is 1.69. The van der Waals surface area contributed by atoms with Gasteiger partial charge in [-0.1, -0.05) is 18.2 Å². The molecule has 1 atom stereocenters. The molecule has 136 valence electrons. The van der Waals surface area contributed by atoms with Crippen LogP contribution < -0.4 is 9.47 Å². The van der Waals surface area contributed by atoms with Crippen molar-refractivity contribution in [3.63, 3.8) is 0 Å². The molecule has 0 aromatic heterocycles. The van der Waals surface area contributed by atoms with Gasteiger partial charge in [-0.3, -0.25) is 4.90 Å². The van der Waals surface area contributed by atoms with Crippen LogP contribution in [0.4, 0.5) is 4.39 Å². The van der Waals surface area contributed by atoms with Crippen LogP contribution in [0.15, 0.2) is 42.5 Å². The van der Waals surface area contributed by atoms with Gasteiger partial charge in [-0.05, 0) is 54.8 Å². The Labute approximate surface area is 153 Å². The van der Waals surface area contributed by atoms with Gasteiger partial charge in [0.25, 0.3) is 0 Å². The molecule has 0 unspecified atom stereocenters. The Morgan fingerprint density at radius 3 is 2.85 bits per heavy atom. The molecule has 2 aromatic rings. The summed E-state index contributed by atoms with van der Waals surface area (Å²) >= 11 is 0. The zero-order valence-corrected chi connectivity index (χ0v) is 15.0. The number of piperidine rings is 1. The molecule has 26 heavy (non-hydrogen) atoms. The van der Waals surface area contributed by atoms with E-state index in [9.17, 15) is 4.39 Å². The molecule has 1 heterocycles. The van der Waals surface area contributed by atoms with Gasteiger partial charge in [0, 0.05) is 13.1 Å². The zero-order valence-electron chi connectivity index (χ0n) is 15.0. The van der Waals surface area contributed by atoms with E-state index in [0.29, 0.717) is 11.5 Å². The third-order valence-corrected chi connectivity index (χ3v) is 4.61. The molecule has 1 aliphatic rings. The topological polar surface area (TPSA) is 45.5 Å². The Kier molecular flexibility index (Phi) is 6.08. The van der Waals surface area contributed by atoms with E-state index in [2.05, 4.69) is 11.0 Å². The number of methoxy groups -OCH3 is 1. The average Bonchev–Trinajstić information content (AvgIpc) is 2.67. The lowest BCUT2D eigenvalue weighted by Gasteiger charge is -2.29. The minimum absolute atomic E-state index is 0.116. The summed E-state index contributed by atoms with van der Waals surface area (Å²) in [4.78, 5) is 2.30. The first-order valence-electron chi connectivity index (χ1n) is 8.84. The number of halogens is 1. The number of likely N-dealkylation sites (tertiary alicyclic amines) is 1. The largest absolute Gasteiger partial charge is 0.493 e. The van der Waals surface area contributed by atoms with Crippen LogP contribution in [-0.2, 0) is 13.2 Å². The van der Waals surface area contributed by atoms with Crippen LogP contribution in [0.5, 0.6) is 11.5 Å². The SMILES string of the molecule is COc1ccc(CN2CCC[C@H](C#N)C2)cc1OCc1cccc(F)c1. The van der Waals surface area contributed by atoms with Crippen LogP contribution in [-0.4, -0.2) is 25.1 Å². The lowest BCUT2D eigenvalue weighted by molar-refractivity contribution is 0.191. The van der Waals surface area contributed by atoms with Crippen LogP contribution in [0.25, 0.3) is 0 Å². The maximum absolute atomic E-state index is 13.3. The van der Waals surface area contributed by atoms with Crippen molar-refractivity contribution in [3.8, 4) is 17.6 Å². The van der Waals surface area contributed by atoms with Crippen molar-refractivity contribution in [2.24, 2.45) is 5.92 Å². The van der Waals surface area contributed by atoms with E-state index in [-0.39, 0.29) is 18.3 Å². The van der Waals surface area contributed by atoms with Gasteiger partial charge in [0.05, 0.1) is 19.1 Å². The summed E-state index contributed by atoms with van der Waals surface area (Å²) in [6, 6.07) is 14.6. The third-order valence-electron chi connectivity index (χ3n) is 4.61. The molecule has 0 bridgehead atoms. The van der Waals surface area contributed by atoms with Crippen molar-refractivity contribution >= 4 is 0 Å². The van der Waals surface area contributed by atoms with Gasteiger partial charge in [-0.25, -0.2) is 4.39 Å². The van der Waals surface area contributed by atoms with Gasteiger partial charge >= 0.3 is 0 Å². The van der Waals surface area contributed by atoms with Crippen molar-refractivity contribution < 1.29 is 13.9 Å². The first-order valence-corrected chi connectivity index (χ1v) is 8.84. The predicted molar refractivity (Wildman–Crippen MR) is 97.3 cm³/mol.